The normalized spacial score (nSPS) is 33.4. The second kappa shape index (κ2) is 9.73. The Bertz CT molecular complexity index is 847. The van der Waals surface area contributed by atoms with Crippen molar-refractivity contribution < 1.29 is 14.7 Å². The van der Waals surface area contributed by atoms with Gasteiger partial charge in [0, 0.05) is 12.3 Å². The molecule has 4 rings (SSSR count). The molecule has 0 aromatic heterocycles. The molecule has 0 bridgehead atoms. The summed E-state index contributed by atoms with van der Waals surface area (Å²) in [6.45, 7) is 8.70. The molecular formula is C27H34O3. The summed E-state index contributed by atoms with van der Waals surface area (Å²) in [4.78, 5) is 20.5. The summed E-state index contributed by atoms with van der Waals surface area (Å²) in [7, 11) is 0. The van der Waals surface area contributed by atoms with Gasteiger partial charge in [-0.05, 0) is 92.6 Å². The van der Waals surface area contributed by atoms with E-state index in [2.05, 4.69) is 38.3 Å². The fourth-order valence-electron chi connectivity index (χ4n) is 6.35. The van der Waals surface area contributed by atoms with Crippen LogP contribution in [0.4, 0.5) is 0 Å². The summed E-state index contributed by atoms with van der Waals surface area (Å²) in [6, 6.07) is 0. The first-order valence-corrected chi connectivity index (χ1v) is 11.2. The molecule has 0 aromatic carbocycles. The Morgan fingerprint density at radius 2 is 2.03 bits per heavy atom. The maximum atomic E-state index is 12.0. The largest absolute Gasteiger partial charge is 0.393 e. The third-order valence-electron chi connectivity index (χ3n) is 7.46. The molecule has 4 atom stereocenters. The predicted octanol–water partition coefficient (Wildman–Crippen LogP) is 5.62. The maximum Gasteiger partial charge on any atom is 0.156 e. The van der Waals surface area contributed by atoms with Crippen molar-refractivity contribution in [1.29, 1.82) is 0 Å². The molecule has 0 heterocycles. The second-order valence-electron chi connectivity index (χ2n) is 9.08. The van der Waals surface area contributed by atoms with E-state index in [1.807, 2.05) is 12.2 Å². The summed E-state index contributed by atoms with van der Waals surface area (Å²) < 4.78 is 0. The maximum absolute atomic E-state index is 12.0. The quantitative estimate of drug-likeness (QED) is 0.489. The van der Waals surface area contributed by atoms with E-state index in [1.165, 1.54) is 22.7 Å². The number of fused-ring (bicyclic) bond motifs is 2. The van der Waals surface area contributed by atoms with E-state index in [0.717, 1.165) is 51.4 Å². The van der Waals surface area contributed by atoms with Crippen molar-refractivity contribution in [3.63, 3.8) is 0 Å². The Morgan fingerprint density at radius 1 is 1.27 bits per heavy atom. The van der Waals surface area contributed by atoms with E-state index < -0.39 is 0 Å². The number of carbonyl (C=O) groups is 1. The lowest BCUT2D eigenvalue weighted by Crippen LogP contribution is -2.42. The van der Waals surface area contributed by atoms with Crippen LogP contribution in [0.25, 0.3) is 0 Å². The standard InChI is InChI=1S/C25H32O2.C2H2O/c1-3-6-17(7-4-2)22-16-25(13-5-8-23(25)27)15-19-10-9-18-14-20(26)11-12-21(18)24(19)22;1-2-3/h3-4,6-7,14,19,22-23,27H,1,5,8-13,15-16H2,2H3;1H2/b7-4-,17-6+;/t19?,22-,23?,25+;/m1./s1. The van der Waals surface area contributed by atoms with E-state index in [1.54, 1.807) is 5.57 Å². The molecule has 30 heavy (non-hydrogen) atoms. The van der Waals surface area contributed by atoms with Crippen molar-refractivity contribution in [3.8, 4) is 0 Å². The minimum Gasteiger partial charge on any atom is -0.393 e. The Labute approximate surface area is 180 Å². The van der Waals surface area contributed by atoms with Crippen molar-refractivity contribution in [2.45, 2.75) is 70.8 Å². The van der Waals surface area contributed by atoms with Crippen LogP contribution >= 0.6 is 0 Å². The molecule has 2 unspecified atom stereocenters. The molecule has 0 amide bonds. The van der Waals surface area contributed by atoms with Gasteiger partial charge >= 0.3 is 0 Å². The van der Waals surface area contributed by atoms with Crippen molar-refractivity contribution in [3.05, 3.63) is 65.8 Å². The van der Waals surface area contributed by atoms with Crippen molar-refractivity contribution in [1.82, 2.24) is 0 Å². The lowest BCUT2D eigenvalue weighted by atomic mass is 9.55. The molecule has 1 N–H and O–H groups in total. The first-order valence-electron chi connectivity index (χ1n) is 11.2. The van der Waals surface area contributed by atoms with E-state index in [9.17, 15) is 9.90 Å². The van der Waals surface area contributed by atoms with Crippen molar-refractivity contribution in [2.75, 3.05) is 0 Å². The molecular weight excluding hydrogens is 372 g/mol. The average Bonchev–Trinajstić information content (AvgIpc) is 3.06. The van der Waals surface area contributed by atoms with Crippen LogP contribution in [0, 0.1) is 17.3 Å². The zero-order valence-corrected chi connectivity index (χ0v) is 18.2. The zero-order valence-electron chi connectivity index (χ0n) is 18.2. The molecule has 160 valence electrons. The number of hydrogen-bond acceptors (Lipinski definition) is 3. The topological polar surface area (TPSA) is 54.4 Å². The molecule has 3 heteroatoms. The van der Waals surface area contributed by atoms with Crippen LogP contribution in [0.1, 0.15) is 64.7 Å². The molecule has 3 nitrogen and oxygen atoms in total. The van der Waals surface area contributed by atoms with E-state index >= 15 is 0 Å². The summed E-state index contributed by atoms with van der Waals surface area (Å²) in [5, 5.41) is 10.9. The summed E-state index contributed by atoms with van der Waals surface area (Å²) >= 11 is 0. The highest BCUT2D eigenvalue weighted by Gasteiger charge is 2.51. The van der Waals surface area contributed by atoms with Crippen LogP contribution in [0.2, 0.25) is 0 Å². The molecule has 2 fully saturated rings. The highest BCUT2D eigenvalue weighted by molar-refractivity contribution is 5.93. The van der Waals surface area contributed by atoms with Gasteiger partial charge in [-0.15, -0.1) is 0 Å². The molecule has 4 aliphatic carbocycles. The van der Waals surface area contributed by atoms with Gasteiger partial charge in [-0.3, -0.25) is 4.79 Å². The van der Waals surface area contributed by atoms with Gasteiger partial charge in [0.2, 0.25) is 0 Å². The smallest absolute Gasteiger partial charge is 0.156 e. The number of rotatable bonds is 3. The summed E-state index contributed by atoms with van der Waals surface area (Å²) in [5.41, 5.74) is 5.74. The molecule has 0 aliphatic heterocycles. The number of aliphatic hydroxyl groups excluding tert-OH is 1. The molecule has 1 spiro atoms. The Morgan fingerprint density at radius 3 is 2.67 bits per heavy atom. The average molecular weight is 407 g/mol. The molecule has 0 saturated heterocycles. The third-order valence-corrected chi connectivity index (χ3v) is 7.46. The highest BCUT2D eigenvalue weighted by Crippen LogP contribution is 2.59. The lowest BCUT2D eigenvalue weighted by Gasteiger charge is -2.49. The van der Waals surface area contributed by atoms with Gasteiger partial charge in [-0.25, -0.2) is 4.79 Å². The van der Waals surface area contributed by atoms with Gasteiger partial charge in [0.05, 0.1) is 6.10 Å². The van der Waals surface area contributed by atoms with Gasteiger partial charge in [-0.1, -0.05) is 42.9 Å². The van der Waals surface area contributed by atoms with Gasteiger partial charge in [0.15, 0.2) is 5.78 Å². The van der Waals surface area contributed by atoms with Crippen LogP contribution < -0.4 is 0 Å². The van der Waals surface area contributed by atoms with E-state index in [4.69, 9.17) is 4.79 Å². The van der Waals surface area contributed by atoms with Gasteiger partial charge < -0.3 is 5.11 Å². The first-order chi connectivity index (χ1) is 14.5. The highest BCUT2D eigenvalue weighted by atomic mass is 16.3. The van der Waals surface area contributed by atoms with Crippen LogP contribution in [-0.2, 0) is 9.59 Å². The number of ketones is 1. The second-order valence-corrected chi connectivity index (χ2v) is 9.08. The SMILES string of the molecule is C=C/C=C(\C=C/C)[C@H]1C[C@]2(CCCC2O)CC2CCC3=CC(=O)CCC3=C21.C=C=O. The Kier molecular flexibility index (Phi) is 7.28. The third kappa shape index (κ3) is 4.29. The van der Waals surface area contributed by atoms with E-state index in [0.29, 0.717) is 18.3 Å². The van der Waals surface area contributed by atoms with Crippen LogP contribution in [-0.4, -0.2) is 22.9 Å². The minimum atomic E-state index is -0.160. The number of carbonyl (C=O) groups excluding carboxylic acids is 2. The minimum absolute atomic E-state index is 0.0763. The Hall–Kier alpha value is -2.22. The molecule has 4 aliphatic rings. The predicted molar refractivity (Wildman–Crippen MR) is 122 cm³/mol. The molecule has 0 aromatic rings. The number of aliphatic hydroxyl groups is 1. The fourth-order valence-corrected chi connectivity index (χ4v) is 6.35. The zero-order chi connectivity index (χ0) is 21.7. The number of allylic oxidation sites excluding steroid dienone is 9. The van der Waals surface area contributed by atoms with E-state index in [-0.39, 0.29) is 17.3 Å². The summed E-state index contributed by atoms with van der Waals surface area (Å²) in [6.07, 6.45) is 19.3. The molecule has 2 saturated carbocycles. The van der Waals surface area contributed by atoms with Gasteiger partial charge in [0.1, 0.15) is 5.94 Å². The van der Waals surface area contributed by atoms with Crippen molar-refractivity contribution in [2.24, 2.45) is 17.3 Å². The summed E-state index contributed by atoms with van der Waals surface area (Å²) in [5.74, 6) is 2.44. The van der Waals surface area contributed by atoms with Crippen LogP contribution in [0.15, 0.2) is 65.8 Å². The van der Waals surface area contributed by atoms with Crippen LogP contribution in [0.3, 0.4) is 0 Å². The molecule has 0 radical (unpaired) electrons. The van der Waals surface area contributed by atoms with Crippen LogP contribution in [0.5, 0.6) is 0 Å². The van der Waals surface area contributed by atoms with Crippen molar-refractivity contribution >= 4 is 11.7 Å². The first kappa shape index (κ1) is 22.5. The Balaban J connectivity index is 0.000000806. The fraction of sp³-hybridized carbons (Fsp3) is 0.519. The number of hydrogen-bond donors (Lipinski definition) is 1. The monoisotopic (exact) mass is 406 g/mol. The van der Waals surface area contributed by atoms with Gasteiger partial charge in [0.25, 0.3) is 0 Å². The van der Waals surface area contributed by atoms with Gasteiger partial charge in [-0.2, -0.15) is 0 Å². The lowest BCUT2D eigenvalue weighted by molar-refractivity contribution is -0.114.